The Bertz CT molecular complexity index is 553. The van der Waals surface area contributed by atoms with Crippen molar-refractivity contribution in [1.82, 2.24) is 0 Å². The van der Waals surface area contributed by atoms with Crippen molar-refractivity contribution in [2.45, 2.75) is 56.1 Å². The van der Waals surface area contributed by atoms with E-state index in [1.165, 1.54) is 17.5 Å². The topological polar surface area (TPSA) is 46.5 Å². The smallest absolute Gasteiger partial charge is 0.308 e. The Morgan fingerprint density at radius 3 is 2.90 bits per heavy atom. The maximum atomic E-state index is 11.7. The summed E-state index contributed by atoms with van der Waals surface area (Å²) in [6, 6.07) is 8.66. The van der Waals surface area contributed by atoms with Gasteiger partial charge in [0.25, 0.3) is 0 Å². The molecule has 4 atom stereocenters. The molecule has 0 radical (unpaired) electrons. The summed E-state index contributed by atoms with van der Waals surface area (Å²) in [5.74, 6) is 0.872. The third-order valence-electron chi connectivity index (χ3n) is 5.37. The molecule has 20 heavy (non-hydrogen) atoms. The van der Waals surface area contributed by atoms with E-state index in [9.17, 15) is 9.90 Å². The van der Waals surface area contributed by atoms with Gasteiger partial charge in [-0.2, -0.15) is 0 Å². The molecule has 1 N–H and O–H groups in total. The molecule has 106 valence electrons. The molecular weight excluding hydrogens is 252 g/mol. The van der Waals surface area contributed by atoms with E-state index in [1.807, 2.05) is 0 Å². The first-order chi connectivity index (χ1) is 9.65. The number of benzene rings is 1. The second kappa shape index (κ2) is 4.32. The van der Waals surface area contributed by atoms with Crippen LogP contribution in [-0.2, 0) is 16.0 Å². The Morgan fingerprint density at radius 2 is 2.05 bits per heavy atom. The van der Waals surface area contributed by atoms with Crippen molar-refractivity contribution >= 4 is 5.97 Å². The number of hydrogen-bond donors (Lipinski definition) is 1. The zero-order valence-corrected chi connectivity index (χ0v) is 11.5. The van der Waals surface area contributed by atoms with E-state index in [-0.39, 0.29) is 12.4 Å². The maximum absolute atomic E-state index is 11.7. The van der Waals surface area contributed by atoms with E-state index in [4.69, 9.17) is 4.74 Å². The maximum Gasteiger partial charge on any atom is 0.308 e. The zero-order chi connectivity index (χ0) is 13.7. The highest BCUT2D eigenvalue weighted by molar-refractivity contribution is 5.71. The predicted octanol–water partition coefficient (Wildman–Crippen LogP) is 2.56. The van der Waals surface area contributed by atoms with Crippen LogP contribution in [0.15, 0.2) is 24.3 Å². The Hall–Kier alpha value is -1.35. The van der Waals surface area contributed by atoms with Gasteiger partial charge in [-0.15, -0.1) is 0 Å². The first-order valence-corrected chi connectivity index (χ1v) is 7.63. The number of aryl methyl sites for hydroxylation is 1. The fraction of sp³-hybridized carbons (Fsp3) is 0.588. The summed E-state index contributed by atoms with van der Waals surface area (Å²) in [7, 11) is 0. The van der Waals surface area contributed by atoms with Crippen LogP contribution >= 0.6 is 0 Å². The number of esters is 1. The SMILES string of the molecule is O=C1CC(O)C[C@@]2(C[C@H]3CCc4ccccc4[C@H]3C2)O1. The van der Waals surface area contributed by atoms with Gasteiger partial charge in [-0.3, -0.25) is 4.79 Å². The minimum atomic E-state index is -0.522. The molecular formula is C17H20O3. The van der Waals surface area contributed by atoms with Gasteiger partial charge in [0.15, 0.2) is 0 Å². The zero-order valence-electron chi connectivity index (χ0n) is 11.5. The molecule has 4 rings (SSSR count). The molecule has 1 heterocycles. The number of hydrogen-bond acceptors (Lipinski definition) is 3. The van der Waals surface area contributed by atoms with Crippen molar-refractivity contribution < 1.29 is 14.6 Å². The summed E-state index contributed by atoms with van der Waals surface area (Å²) >= 11 is 0. The quantitative estimate of drug-likeness (QED) is 0.738. The van der Waals surface area contributed by atoms with Crippen LogP contribution in [0.4, 0.5) is 0 Å². The van der Waals surface area contributed by atoms with Gasteiger partial charge in [0, 0.05) is 6.42 Å². The third-order valence-corrected chi connectivity index (χ3v) is 5.37. The lowest BCUT2D eigenvalue weighted by Crippen LogP contribution is -2.42. The molecule has 0 aromatic heterocycles. The first kappa shape index (κ1) is 12.4. The number of fused-ring (bicyclic) bond motifs is 3. The van der Waals surface area contributed by atoms with Gasteiger partial charge < -0.3 is 9.84 Å². The minimum absolute atomic E-state index is 0.160. The Kier molecular flexibility index (Phi) is 2.68. The second-order valence-electron chi connectivity index (χ2n) is 6.73. The molecule has 2 fully saturated rings. The summed E-state index contributed by atoms with van der Waals surface area (Å²) < 4.78 is 5.71. The molecule has 1 aromatic carbocycles. The normalized spacial score (nSPS) is 39.2. The molecule has 1 saturated carbocycles. The standard InChI is InChI=1S/C17H20O3/c18-13-7-16(19)20-17(9-13)8-12-6-5-11-3-1-2-4-14(11)15(12)10-17/h1-4,12-13,15,18H,5-10H2/t12-,13?,15+,17-/m1/s1. The molecule has 1 aromatic rings. The van der Waals surface area contributed by atoms with E-state index < -0.39 is 11.7 Å². The summed E-state index contributed by atoms with van der Waals surface area (Å²) in [6.45, 7) is 0. The molecule has 0 bridgehead atoms. The third kappa shape index (κ3) is 1.87. The summed E-state index contributed by atoms with van der Waals surface area (Å²) in [6.07, 6.45) is 4.38. The van der Waals surface area contributed by atoms with Crippen molar-refractivity contribution in [1.29, 1.82) is 0 Å². The van der Waals surface area contributed by atoms with Gasteiger partial charge in [-0.05, 0) is 48.6 Å². The van der Waals surface area contributed by atoms with Crippen LogP contribution in [-0.4, -0.2) is 22.8 Å². The highest BCUT2D eigenvalue weighted by Crippen LogP contribution is 2.54. The van der Waals surface area contributed by atoms with Gasteiger partial charge in [0.1, 0.15) is 5.60 Å². The van der Waals surface area contributed by atoms with E-state index in [1.54, 1.807) is 0 Å². The van der Waals surface area contributed by atoms with Gasteiger partial charge >= 0.3 is 5.97 Å². The van der Waals surface area contributed by atoms with Crippen LogP contribution in [0.1, 0.15) is 49.1 Å². The van der Waals surface area contributed by atoms with Gasteiger partial charge in [-0.1, -0.05) is 24.3 Å². The summed E-state index contributed by atoms with van der Waals surface area (Å²) in [5.41, 5.74) is 2.49. The van der Waals surface area contributed by atoms with Crippen LogP contribution in [0.5, 0.6) is 0 Å². The largest absolute Gasteiger partial charge is 0.459 e. The monoisotopic (exact) mass is 272 g/mol. The number of rotatable bonds is 0. The van der Waals surface area contributed by atoms with Crippen LogP contribution in [0.25, 0.3) is 0 Å². The molecule has 1 unspecified atom stereocenters. The Labute approximate surface area is 118 Å². The van der Waals surface area contributed by atoms with E-state index in [0.29, 0.717) is 18.3 Å². The van der Waals surface area contributed by atoms with Crippen LogP contribution < -0.4 is 0 Å². The summed E-state index contributed by atoms with van der Waals surface area (Å²) in [4.78, 5) is 11.7. The lowest BCUT2D eigenvalue weighted by Gasteiger charge is -2.36. The lowest BCUT2D eigenvalue weighted by atomic mass is 9.77. The molecule has 1 saturated heterocycles. The number of carbonyl (C=O) groups is 1. The number of aliphatic hydroxyl groups excluding tert-OH is 1. The molecule has 1 aliphatic heterocycles. The molecule has 3 nitrogen and oxygen atoms in total. The van der Waals surface area contributed by atoms with Crippen molar-refractivity contribution in [2.75, 3.05) is 0 Å². The summed E-state index contributed by atoms with van der Waals surface area (Å²) in [5, 5.41) is 9.93. The Morgan fingerprint density at radius 1 is 1.20 bits per heavy atom. The second-order valence-corrected chi connectivity index (χ2v) is 6.73. The number of aliphatic hydroxyl groups is 1. The van der Waals surface area contributed by atoms with Crippen molar-refractivity contribution in [3.05, 3.63) is 35.4 Å². The van der Waals surface area contributed by atoms with Crippen molar-refractivity contribution in [3.8, 4) is 0 Å². The van der Waals surface area contributed by atoms with Gasteiger partial charge in [0.05, 0.1) is 12.5 Å². The predicted molar refractivity (Wildman–Crippen MR) is 74.3 cm³/mol. The first-order valence-electron chi connectivity index (χ1n) is 7.63. The minimum Gasteiger partial charge on any atom is -0.459 e. The molecule has 2 aliphatic carbocycles. The average molecular weight is 272 g/mol. The van der Waals surface area contributed by atoms with Gasteiger partial charge in [-0.25, -0.2) is 0 Å². The molecule has 3 heteroatoms. The van der Waals surface area contributed by atoms with Crippen molar-refractivity contribution in [3.63, 3.8) is 0 Å². The number of carbonyl (C=O) groups excluding carboxylic acids is 1. The van der Waals surface area contributed by atoms with Gasteiger partial charge in [0.2, 0.25) is 0 Å². The van der Waals surface area contributed by atoms with Crippen LogP contribution in [0, 0.1) is 5.92 Å². The highest BCUT2D eigenvalue weighted by Gasteiger charge is 2.52. The van der Waals surface area contributed by atoms with Crippen LogP contribution in [0.3, 0.4) is 0 Å². The van der Waals surface area contributed by atoms with Crippen molar-refractivity contribution in [2.24, 2.45) is 5.92 Å². The highest BCUT2D eigenvalue weighted by atomic mass is 16.6. The number of ether oxygens (including phenoxy) is 1. The van der Waals surface area contributed by atoms with E-state index in [0.717, 1.165) is 19.3 Å². The van der Waals surface area contributed by atoms with Crippen LogP contribution in [0.2, 0.25) is 0 Å². The Balaban J connectivity index is 1.66. The fourth-order valence-electron chi connectivity index (χ4n) is 4.67. The molecule has 3 aliphatic rings. The lowest BCUT2D eigenvalue weighted by molar-refractivity contribution is -0.175. The van der Waals surface area contributed by atoms with E-state index >= 15 is 0 Å². The molecule has 0 amide bonds. The van der Waals surface area contributed by atoms with E-state index in [2.05, 4.69) is 24.3 Å². The average Bonchev–Trinajstić information content (AvgIpc) is 2.74. The fourth-order valence-corrected chi connectivity index (χ4v) is 4.67. The molecule has 1 spiro atoms.